The van der Waals surface area contributed by atoms with Crippen LogP contribution in [0.15, 0.2) is 18.2 Å². The Labute approximate surface area is 109 Å². The number of amides is 1. The number of halogens is 2. The normalized spacial score (nSPS) is 25.2. The lowest BCUT2D eigenvalue weighted by Gasteiger charge is -2.23. The Balaban J connectivity index is 2.15. The van der Waals surface area contributed by atoms with E-state index in [9.17, 15) is 22.0 Å². The fourth-order valence-corrected chi connectivity index (χ4v) is 4.19. The minimum absolute atomic E-state index is 0.0154. The van der Waals surface area contributed by atoms with Crippen LogP contribution >= 0.6 is 0 Å². The van der Waals surface area contributed by atoms with Gasteiger partial charge in [-0.15, -0.1) is 0 Å². The molecule has 7 heteroatoms. The van der Waals surface area contributed by atoms with Crippen LogP contribution in [0.5, 0.6) is 0 Å². The maximum atomic E-state index is 13.0. The Morgan fingerprint density at radius 1 is 1.32 bits per heavy atom. The Morgan fingerprint density at radius 3 is 2.53 bits per heavy atom. The summed E-state index contributed by atoms with van der Waals surface area (Å²) in [5.74, 6) is -2.89. The van der Waals surface area contributed by atoms with Gasteiger partial charge in [0.25, 0.3) is 5.91 Å². The Hall–Kier alpha value is -1.50. The molecule has 1 aliphatic heterocycles. The fraction of sp³-hybridized carbons (Fsp3) is 0.417. The summed E-state index contributed by atoms with van der Waals surface area (Å²) in [4.78, 5) is 11.9. The predicted molar refractivity (Wildman–Crippen MR) is 65.5 cm³/mol. The number of carbonyl (C=O) groups excluding carboxylic acids is 1. The molecule has 0 spiro atoms. The number of hydrogen-bond acceptors (Lipinski definition) is 3. The van der Waals surface area contributed by atoms with Crippen molar-refractivity contribution in [2.45, 2.75) is 18.9 Å². The van der Waals surface area contributed by atoms with Crippen molar-refractivity contribution < 1.29 is 22.0 Å². The van der Waals surface area contributed by atoms with Gasteiger partial charge in [-0.2, -0.15) is 0 Å². The van der Waals surface area contributed by atoms with Crippen molar-refractivity contribution in [3.8, 4) is 0 Å². The first-order valence-electron chi connectivity index (χ1n) is 5.69. The fourth-order valence-electron chi connectivity index (χ4n) is 2.09. The van der Waals surface area contributed by atoms with Crippen molar-refractivity contribution in [3.63, 3.8) is 0 Å². The van der Waals surface area contributed by atoms with Crippen LogP contribution in [0.25, 0.3) is 0 Å². The molecule has 0 saturated carbocycles. The van der Waals surface area contributed by atoms with Crippen molar-refractivity contribution in [2.75, 3.05) is 11.5 Å². The summed E-state index contributed by atoms with van der Waals surface area (Å²) in [6.45, 7) is 1.62. The third kappa shape index (κ3) is 3.09. The van der Waals surface area contributed by atoms with E-state index in [1.165, 1.54) is 0 Å². The van der Waals surface area contributed by atoms with Gasteiger partial charge in [0.1, 0.15) is 0 Å². The third-order valence-corrected chi connectivity index (χ3v) is 5.00. The van der Waals surface area contributed by atoms with Gasteiger partial charge in [-0.05, 0) is 31.5 Å². The van der Waals surface area contributed by atoms with Gasteiger partial charge in [0.15, 0.2) is 21.5 Å². The van der Waals surface area contributed by atoms with Gasteiger partial charge < -0.3 is 5.32 Å². The standard InChI is InChI=1S/C12H13F2NO3S/c1-12(4-5-19(17,18)7-12)15-11(16)8-2-3-9(13)10(14)6-8/h2-3,6H,4-5,7H2,1H3,(H,15,16). The molecule has 1 saturated heterocycles. The van der Waals surface area contributed by atoms with Gasteiger partial charge in [0.2, 0.25) is 0 Å². The number of nitrogens with one attached hydrogen (secondary N) is 1. The SMILES string of the molecule is CC1(NC(=O)c2ccc(F)c(F)c2)CCS(=O)(=O)C1. The second-order valence-electron chi connectivity index (χ2n) is 4.99. The minimum Gasteiger partial charge on any atom is -0.346 e. The minimum atomic E-state index is -3.15. The summed E-state index contributed by atoms with van der Waals surface area (Å²) in [6.07, 6.45) is 0.310. The van der Waals surface area contributed by atoms with E-state index < -0.39 is 32.9 Å². The summed E-state index contributed by atoms with van der Waals surface area (Å²) in [6, 6.07) is 2.80. The highest BCUT2D eigenvalue weighted by atomic mass is 32.2. The molecule has 2 rings (SSSR count). The Morgan fingerprint density at radius 2 is 2.00 bits per heavy atom. The lowest BCUT2D eigenvalue weighted by Crippen LogP contribution is -2.46. The van der Waals surface area contributed by atoms with Crippen LogP contribution in [0, 0.1) is 11.6 Å². The van der Waals surface area contributed by atoms with Gasteiger partial charge in [0, 0.05) is 5.56 Å². The molecule has 0 radical (unpaired) electrons. The maximum absolute atomic E-state index is 13.0. The van der Waals surface area contributed by atoms with Crippen LogP contribution in [0.3, 0.4) is 0 Å². The molecule has 1 atom stereocenters. The molecule has 1 aromatic carbocycles. The van der Waals surface area contributed by atoms with Gasteiger partial charge in [-0.1, -0.05) is 0 Å². The molecule has 1 aromatic rings. The Bertz CT molecular complexity index is 630. The second kappa shape index (κ2) is 4.56. The summed E-state index contributed by atoms with van der Waals surface area (Å²) in [5, 5.41) is 2.57. The van der Waals surface area contributed by atoms with Crippen molar-refractivity contribution in [3.05, 3.63) is 35.4 Å². The van der Waals surface area contributed by atoms with E-state index in [2.05, 4.69) is 5.32 Å². The van der Waals surface area contributed by atoms with E-state index in [1.807, 2.05) is 0 Å². The molecule has 0 aromatic heterocycles. The number of rotatable bonds is 2. The number of carbonyl (C=O) groups is 1. The van der Waals surface area contributed by atoms with Crippen molar-refractivity contribution in [1.29, 1.82) is 0 Å². The zero-order valence-electron chi connectivity index (χ0n) is 10.2. The van der Waals surface area contributed by atoms with E-state index in [0.29, 0.717) is 6.42 Å². The topological polar surface area (TPSA) is 63.2 Å². The van der Waals surface area contributed by atoms with Crippen molar-refractivity contribution in [1.82, 2.24) is 5.32 Å². The number of hydrogen-bond donors (Lipinski definition) is 1. The molecular weight excluding hydrogens is 276 g/mol. The van der Waals surface area contributed by atoms with Crippen LogP contribution in [-0.2, 0) is 9.84 Å². The summed E-state index contributed by atoms with van der Waals surface area (Å²) in [7, 11) is -3.15. The third-order valence-electron chi connectivity index (χ3n) is 3.10. The molecule has 1 unspecified atom stereocenters. The molecule has 104 valence electrons. The number of sulfone groups is 1. The van der Waals surface area contributed by atoms with E-state index in [4.69, 9.17) is 0 Å². The van der Waals surface area contributed by atoms with Gasteiger partial charge in [-0.3, -0.25) is 4.79 Å². The van der Waals surface area contributed by atoms with Gasteiger partial charge >= 0.3 is 0 Å². The largest absolute Gasteiger partial charge is 0.346 e. The molecule has 1 aliphatic rings. The second-order valence-corrected chi connectivity index (χ2v) is 7.17. The molecular formula is C12H13F2NO3S. The molecule has 4 nitrogen and oxygen atoms in total. The molecule has 19 heavy (non-hydrogen) atoms. The van der Waals surface area contributed by atoms with Crippen molar-refractivity contribution in [2.24, 2.45) is 0 Å². The molecule has 1 N–H and O–H groups in total. The zero-order valence-corrected chi connectivity index (χ0v) is 11.1. The molecule has 0 aliphatic carbocycles. The zero-order chi connectivity index (χ0) is 14.3. The van der Waals surface area contributed by atoms with Gasteiger partial charge in [0.05, 0.1) is 17.0 Å². The highest BCUT2D eigenvalue weighted by Gasteiger charge is 2.39. The first kappa shape index (κ1) is 13.9. The first-order chi connectivity index (χ1) is 8.71. The molecule has 1 amide bonds. The lowest BCUT2D eigenvalue weighted by atomic mass is 10.0. The van der Waals surface area contributed by atoms with E-state index >= 15 is 0 Å². The average Bonchev–Trinajstić information content (AvgIpc) is 2.56. The quantitative estimate of drug-likeness (QED) is 0.892. The van der Waals surface area contributed by atoms with Crippen LogP contribution in [0.4, 0.5) is 8.78 Å². The van der Waals surface area contributed by atoms with Crippen LogP contribution in [0.2, 0.25) is 0 Å². The van der Waals surface area contributed by atoms with E-state index in [-0.39, 0.29) is 17.1 Å². The maximum Gasteiger partial charge on any atom is 0.251 e. The van der Waals surface area contributed by atoms with Gasteiger partial charge in [-0.25, -0.2) is 17.2 Å². The summed E-state index contributed by atoms with van der Waals surface area (Å²) in [5.41, 5.74) is -0.898. The first-order valence-corrected chi connectivity index (χ1v) is 7.51. The monoisotopic (exact) mass is 289 g/mol. The molecule has 1 fully saturated rings. The van der Waals surface area contributed by atoms with Crippen LogP contribution in [-0.4, -0.2) is 31.4 Å². The highest BCUT2D eigenvalue weighted by Crippen LogP contribution is 2.23. The average molecular weight is 289 g/mol. The van der Waals surface area contributed by atoms with Crippen molar-refractivity contribution >= 4 is 15.7 Å². The predicted octanol–water partition coefficient (Wildman–Crippen LogP) is 1.27. The highest BCUT2D eigenvalue weighted by molar-refractivity contribution is 7.91. The van der Waals surface area contributed by atoms with E-state index in [0.717, 1.165) is 18.2 Å². The molecule has 0 bridgehead atoms. The smallest absolute Gasteiger partial charge is 0.251 e. The van der Waals surface area contributed by atoms with Crippen LogP contribution in [0.1, 0.15) is 23.7 Å². The Kier molecular flexibility index (Phi) is 3.34. The molecule has 1 heterocycles. The number of benzene rings is 1. The lowest BCUT2D eigenvalue weighted by molar-refractivity contribution is 0.0915. The van der Waals surface area contributed by atoms with Crippen LogP contribution < -0.4 is 5.32 Å². The summed E-state index contributed by atoms with van der Waals surface area (Å²) >= 11 is 0. The van der Waals surface area contributed by atoms with E-state index in [1.54, 1.807) is 6.92 Å². The summed E-state index contributed by atoms with van der Waals surface area (Å²) < 4.78 is 48.6.